The number of benzene rings is 2. The molecule has 166 valence electrons. The molecule has 9 heteroatoms. The molecule has 0 fully saturated rings. The first-order chi connectivity index (χ1) is 15.9. The topological polar surface area (TPSA) is 96.6 Å². The minimum Gasteiger partial charge on any atom is -0.494 e. The van der Waals surface area contributed by atoms with Gasteiger partial charge in [0.25, 0.3) is 5.56 Å². The van der Waals surface area contributed by atoms with Gasteiger partial charge in [0.1, 0.15) is 5.82 Å². The van der Waals surface area contributed by atoms with Gasteiger partial charge in [0.05, 0.1) is 22.6 Å². The third-order valence-corrected chi connectivity index (χ3v) is 6.05. The minimum absolute atomic E-state index is 0.182. The van der Waals surface area contributed by atoms with E-state index < -0.39 is 5.56 Å². The standard InChI is InChI=1S/C24H19ClN4O3S/c1-15-6-9-17(10-7-15)33-14-22(30)28-27-13-20-18-4-2-3-5-19(18)23(31)29(24(20)32)21-11-8-16(25)12-26-21/h2-13,32H,14H2,1H3,(H,28,30)/b27-13+. The van der Waals surface area contributed by atoms with Gasteiger partial charge >= 0.3 is 0 Å². The van der Waals surface area contributed by atoms with Crippen LogP contribution >= 0.6 is 23.4 Å². The number of aromatic hydroxyl groups is 1. The molecule has 2 aromatic heterocycles. The highest BCUT2D eigenvalue weighted by Gasteiger charge is 2.17. The van der Waals surface area contributed by atoms with Crippen molar-refractivity contribution in [2.45, 2.75) is 11.8 Å². The number of hydrogen-bond acceptors (Lipinski definition) is 6. The zero-order valence-corrected chi connectivity index (χ0v) is 19.1. The third-order valence-electron chi connectivity index (χ3n) is 4.82. The van der Waals surface area contributed by atoms with Crippen LogP contribution < -0.4 is 11.0 Å². The number of rotatable bonds is 6. The van der Waals surface area contributed by atoms with Crippen molar-refractivity contribution in [1.82, 2.24) is 15.0 Å². The quantitative estimate of drug-likeness (QED) is 0.245. The number of aryl methyl sites for hydroxylation is 1. The van der Waals surface area contributed by atoms with Crippen molar-refractivity contribution >= 4 is 46.3 Å². The number of thioether (sulfide) groups is 1. The highest BCUT2D eigenvalue weighted by atomic mass is 35.5. The first-order valence-corrected chi connectivity index (χ1v) is 11.3. The van der Waals surface area contributed by atoms with Crippen molar-refractivity contribution in [3.8, 4) is 11.7 Å². The maximum absolute atomic E-state index is 13.0. The van der Waals surface area contributed by atoms with Crippen molar-refractivity contribution in [1.29, 1.82) is 0 Å². The Balaban J connectivity index is 1.61. The summed E-state index contributed by atoms with van der Waals surface area (Å²) in [7, 11) is 0. The number of nitrogens with zero attached hydrogens (tertiary/aromatic N) is 3. The van der Waals surface area contributed by atoms with Gasteiger partial charge in [-0.3, -0.25) is 9.59 Å². The van der Waals surface area contributed by atoms with Crippen molar-refractivity contribution in [3.05, 3.63) is 93.4 Å². The Bertz CT molecular complexity index is 1400. The molecule has 0 bridgehead atoms. The zero-order chi connectivity index (χ0) is 23.4. The lowest BCUT2D eigenvalue weighted by atomic mass is 10.1. The van der Waals surface area contributed by atoms with E-state index in [1.54, 1.807) is 30.3 Å². The van der Waals surface area contributed by atoms with E-state index in [1.165, 1.54) is 30.2 Å². The Morgan fingerprint density at radius 2 is 1.88 bits per heavy atom. The highest BCUT2D eigenvalue weighted by molar-refractivity contribution is 8.00. The molecular weight excluding hydrogens is 460 g/mol. The van der Waals surface area contributed by atoms with Gasteiger partial charge in [0.15, 0.2) is 0 Å². The van der Waals surface area contributed by atoms with Gasteiger partial charge < -0.3 is 5.11 Å². The van der Waals surface area contributed by atoms with Crippen LogP contribution in [-0.4, -0.2) is 32.5 Å². The van der Waals surface area contributed by atoms with Gasteiger partial charge in [-0.1, -0.05) is 47.5 Å². The minimum atomic E-state index is -0.436. The normalized spacial score (nSPS) is 11.2. The molecule has 0 saturated heterocycles. The summed E-state index contributed by atoms with van der Waals surface area (Å²) in [6.45, 7) is 2.00. The summed E-state index contributed by atoms with van der Waals surface area (Å²) >= 11 is 7.29. The van der Waals surface area contributed by atoms with E-state index in [4.69, 9.17) is 11.6 Å². The molecule has 0 aliphatic rings. The summed E-state index contributed by atoms with van der Waals surface area (Å²) in [6, 6.07) is 17.8. The summed E-state index contributed by atoms with van der Waals surface area (Å²) in [5.41, 5.74) is 3.45. The zero-order valence-electron chi connectivity index (χ0n) is 17.5. The van der Waals surface area contributed by atoms with Crippen LogP contribution in [0.5, 0.6) is 5.88 Å². The molecule has 4 rings (SSSR count). The smallest absolute Gasteiger partial charge is 0.267 e. The van der Waals surface area contributed by atoms with Crippen LogP contribution in [0.15, 0.2) is 81.7 Å². The molecule has 0 saturated carbocycles. The molecule has 0 radical (unpaired) electrons. The van der Waals surface area contributed by atoms with Crippen LogP contribution in [0.3, 0.4) is 0 Å². The molecule has 2 N–H and O–H groups in total. The van der Waals surface area contributed by atoms with Gasteiger partial charge in [0, 0.05) is 21.9 Å². The highest BCUT2D eigenvalue weighted by Crippen LogP contribution is 2.25. The van der Waals surface area contributed by atoms with Crippen molar-refractivity contribution < 1.29 is 9.90 Å². The fourth-order valence-electron chi connectivity index (χ4n) is 3.19. The number of amides is 1. The molecule has 4 aromatic rings. The summed E-state index contributed by atoms with van der Waals surface area (Å²) < 4.78 is 1.08. The monoisotopic (exact) mass is 478 g/mol. The average molecular weight is 479 g/mol. The summed E-state index contributed by atoms with van der Waals surface area (Å²) in [6.07, 6.45) is 2.70. The van der Waals surface area contributed by atoms with Gasteiger partial charge in [-0.25, -0.2) is 15.0 Å². The number of pyridine rings is 2. The Morgan fingerprint density at radius 3 is 2.58 bits per heavy atom. The second-order valence-electron chi connectivity index (χ2n) is 7.15. The van der Waals surface area contributed by atoms with Crippen molar-refractivity contribution in [3.63, 3.8) is 0 Å². The molecule has 0 atom stereocenters. The molecule has 2 aromatic carbocycles. The van der Waals surface area contributed by atoms with Gasteiger partial charge in [-0.05, 0) is 37.3 Å². The maximum Gasteiger partial charge on any atom is 0.267 e. The Labute approximate surface area is 198 Å². The van der Waals surface area contributed by atoms with E-state index in [1.807, 2.05) is 31.2 Å². The molecule has 1 amide bonds. The summed E-state index contributed by atoms with van der Waals surface area (Å²) in [5, 5.41) is 16.2. The van der Waals surface area contributed by atoms with Crippen LogP contribution in [0.25, 0.3) is 16.6 Å². The Kier molecular flexibility index (Phi) is 6.76. The van der Waals surface area contributed by atoms with Crippen LogP contribution in [0.2, 0.25) is 5.02 Å². The van der Waals surface area contributed by atoms with Gasteiger partial charge in [-0.15, -0.1) is 11.8 Å². The Hall–Kier alpha value is -3.62. The molecule has 0 spiro atoms. The van der Waals surface area contributed by atoms with Crippen LogP contribution in [0.1, 0.15) is 11.1 Å². The number of hydrazone groups is 1. The maximum atomic E-state index is 13.0. The first-order valence-electron chi connectivity index (χ1n) is 9.94. The van der Waals surface area contributed by atoms with E-state index in [0.29, 0.717) is 15.8 Å². The lowest BCUT2D eigenvalue weighted by Crippen LogP contribution is -2.22. The van der Waals surface area contributed by atoms with Crippen molar-refractivity contribution in [2.24, 2.45) is 5.10 Å². The van der Waals surface area contributed by atoms with E-state index in [9.17, 15) is 14.7 Å². The molecule has 33 heavy (non-hydrogen) atoms. The van der Waals surface area contributed by atoms with E-state index in [-0.39, 0.29) is 28.9 Å². The lowest BCUT2D eigenvalue weighted by molar-refractivity contribution is -0.118. The lowest BCUT2D eigenvalue weighted by Gasteiger charge is -2.13. The second-order valence-corrected chi connectivity index (χ2v) is 8.64. The van der Waals surface area contributed by atoms with Crippen LogP contribution in [-0.2, 0) is 4.79 Å². The fraction of sp³-hybridized carbons (Fsp3) is 0.0833. The summed E-state index contributed by atoms with van der Waals surface area (Å²) in [4.78, 5) is 30.4. The predicted octanol–water partition coefficient (Wildman–Crippen LogP) is 4.30. The second kappa shape index (κ2) is 9.89. The molecule has 0 aliphatic carbocycles. The number of nitrogens with one attached hydrogen (secondary N) is 1. The van der Waals surface area contributed by atoms with E-state index in [0.717, 1.165) is 15.0 Å². The van der Waals surface area contributed by atoms with E-state index in [2.05, 4.69) is 15.5 Å². The van der Waals surface area contributed by atoms with Gasteiger partial charge in [-0.2, -0.15) is 5.10 Å². The number of aromatic nitrogens is 2. The molecule has 7 nitrogen and oxygen atoms in total. The third kappa shape index (κ3) is 5.08. The number of carbonyl (C=O) groups is 1. The van der Waals surface area contributed by atoms with Crippen LogP contribution in [0, 0.1) is 6.92 Å². The van der Waals surface area contributed by atoms with Crippen LogP contribution in [0.4, 0.5) is 0 Å². The first kappa shape index (κ1) is 22.6. The number of halogens is 1. The SMILES string of the molecule is Cc1ccc(SCC(=O)N/N=C/c2c(O)n(-c3ccc(Cl)cn3)c(=O)c3ccccc23)cc1. The molecule has 0 unspecified atom stereocenters. The molecule has 0 aliphatic heterocycles. The van der Waals surface area contributed by atoms with Gasteiger partial charge in [0.2, 0.25) is 11.8 Å². The average Bonchev–Trinajstić information content (AvgIpc) is 2.82. The predicted molar refractivity (Wildman–Crippen MR) is 132 cm³/mol. The van der Waals surface area contributed by atoms with Crippen molar-refractivity contribution in [2.75, 3.05) is 5.75 Å². The number of carbonyl (C=O) groups excluding carboxylic acids is 1. The summed E-state index contributed by atoms with van der Waals surface area (Å²) in [5.74, 6) is -0.254. The Morgan fingerprint density at radius 1 is 1.15 bits per heavy atom. The largest absolute Gasteiger partial charge is 0.494 e. The molecule has 2 heterocycles. The number of hydrogen-bond donors (Lipinski definition) is 2. The fourth-order valence-corrected chi connectivity index (χ4v) is 3.99. The number of fused-ring (bicyclic) bond motifs is 1. The van der Waals surface area contributed by atoms with E-state index >= 15 is 0 Å². The molecular formula is C24H19ClN4O3S.